The smallest absolute Gasteiger partial charge is 0.318 e. The number of anilines is 1. The Morgan fingerprint density at radius 3 is 2.69 bits per heavy atom. The van der Waals surface area contributed by atoms with E-state index in [2.05, 4.69) is 25.6 Å². The van der Waals surface area contributed by atoms with Gasteiger partial charge in [0.15, 0.2) is 0 Å². The molecule has 0 spiro atoms. The molecule has 0 aliphatic carbocycles. The highest BCUT2D eigenvalue weighted by Crippen LogP contribution is 2.20. The zero-order chi connectivity index (χ0) is 24.9. The maximum Gasteiger partial charge on any atom is 0.318 e. The van der Waals surface area contributed by atoms with Crippen LogP contribution in [0.25, 0.3) is 11.0 Å². The number of methoxy groups -OCH3 is 1. The summed E-state index contributed by atoms with van der Waals surface area (Å²) >= 11 is 6.00. The van der Waals surface area contributed by atoms with Gasteiger partial charge in [-0.3, -0.25) is 14.4 Å². The summed E-state index contributed by atoms with van der Waals surface area (Å²) in [5.74, 6) is -0.923. The van der Waals surface area contributed by atoms with Crippen molar-refractivity contribution in [2.75, 3.05) is 12.4 Å². The average molecular weight is 492 g/mol. The first-order valence-corrected chi connectivity index (χ1v) is 11.2. The van der Waals surface area contributed by atoms with Crippen LogP contribution in [0.4, 0.5) is 5.69 Å². The Labute approximate surface area is 205 Å². The summed E-state index contributed by atoms with van der Waals surface area (Å²) in [5, 5.41) is 6.66. The van der Waals surface area contributed by atoms with E-state index in [-0.39, 0.29) is 23.1 Å². The lowest BCUT2D eigenvalue weighted by atomic mass is 10.1. The molecule has 0 radical (unpaired) electrons. The lowest BCUT2D eigenvalue weighted by Gasteiger charge is -2.13. The summed E-state index contributed by atoms with van der Waals surface area (Å²) in [6, 6.07) is 13.8. The van der Waals surface area contributed by atoms with Crippen LogP contribution in [0, 0.1) is 0 Å². The van der Waals surface area contributed by atoms with Crippen molar-refractivity contribution in [2.24, 2.45) is 0 Å². The minimum atomic E-state index is -0.616. The fourth-order valence-electron chi connectivity index (χ4n) is 3.51. The Hall–Kier alpha value is -4.24. The van der Waals surface area contributed by atoms with Gasteiger partial charge >= 0.3 is 6.01 Å². The van der Waals surface area contributed by atoms with Crippen molar-refractivity contribution in [1.29, 1.82) is 0 Å². The summed E-state index contributed by atoms with van der Waals surface area (Å²) in [6.07, 6.45) is 2.07. The lowest BCUT2D eigenvalue weighted by Crippen LogP contribution is -2.25. The summed E-state index contributed by atoms with van der Waals surface area (Å²) < 4.78 is 4.96. The first-order chi connectivity index (χ1) is 16.9. The quantitative estimate of drug-likeness (QED) is 0.361. The third-order valence-electron chi connectivity index (χ3n) is 5.34. The van der Waals surface area contributed by atoms with Crippen LogP contribution >= 0.6 is 11.6 Å². The largest absolute Gasteiger partial charge is 0.467 e. The third kappa shape index (κ3) is 5.47. The van der Waals surface area contributed by atoms with Crippen LogP contribution in [0.5, 0.6) is 6.01 Å². The van der Waals surface area contributed by atoms with E-state index in [1.807, 2.05) is 19.1 Å². The van der Waals surface area contributed by atoms with Crippen molar-refractivity contribution < 1.29 is 14.3 Å². The Morgan fingerprint density at radius 1 is 1.11 bits per heavy atom. The van der Waals surface area contributed by atoms with Crippen LogP contribution in [0.1, 0.15) is 38.8 Å². The maximum atomic E-state index is 13.0. The van der Waals surface area contributed by atoms with Crippen LogP contribution in [-0.4, -0.2) is 33.9 Å². The average Bonchev–Trinajstić information content (AvgIpc) is 2.86. The summed E-state index contributed by atoms with van der Waals surface area (Å²) in [6.45, 7) is 2.23. The van der Waals surface area contributed by atoms with Crippen molar-refractivity contribution in [2.45, 2.75) is 19.9 Å². The van der Waals surface area contributed by atoms with Crippen LogP contribution in [0.3, 0.4) is 0 Å². The Morgan fingerprint density at radius 2 is 1.94 bits per heavy atom. The SMILES string of the molecule is CCc1ccc(C(=O)NCc2cccc(Cl)c2)cc1NC(=O)c1cc2cnc(OC)nc2[nH]c1=O. The van der Waals surface area contributed by atoms with E-state index < -0.39 is 11.5 Å². The molecule has 178 valence electrons. The van der Waals surface area contributed by atoms with Crippen LogP contribution in [0.2, 0.25) is 5.02 Å². The highest BCUT2D eigenvalue weighted by Gasteiger charge is 2.16. The Kier molecular flexibility index (Phi) is 7.07. The number of nitrogens with one attached hydrogen (secondary N) is 3. The van der Waals surface area contributed by atoms with Crippen molar-refractivity contribution in [3.8, 4) is 6.01 Å². The minimum absolute atomic E-state index is 0.100. The number of carbonyl (C=O) groups excluding carboxylic acids is 2. The molecule has 0 unspecified atom stereocenters. The first kappa shape index (κ1) is 23.9. The number of aromatic nitrogens is 3. The molecule has 0 atom stereocenters. The van der Waals surface area contributed by atoms with Gasteiger partial charge in [-0.1, -0.05) is 36.7 Å². The summed E-state index contributed by atoms with van der Waals surface area (Å²) in [5.41, 5.74) is 2.03. The van der Waals surface area contributed by atoms with E-state index >= 15 is 0 Å². The molecule has 2 aromatic heterocycles. The number of rotatable bonds is 7. The molecule has 2 aromatic carbocycles. The number of halogens is 1. The summed E-state index contributed by atoms with van der Waals surface area (Å²) in [4.78, 5) is 48.9. The van der Waals surface area contributed by atoms with Crippen molar-refractivity contribution in [1.82, 2.24) is 20.3 Å². The molecular formula is C25H22ClN5O4. The second kappa shape index (κ2) is 10.4. The molecule has 2 amide bonds. The third-order valence-corrected chi connectivity index (χ3v) is 5.58. The zero-order valence-corrected chi connectivity index (χ0v) is 19.8. The molecule has 2 heterocycles. The number of amides is 2. The van der Waals surface area contributed by atoms with Crippen molar-refractivity contribution >= 4 is 40.1 Å². The second-order valence-electron chi connectivity index (χ2n) is 7.66. The number of hydrogen-bond acceptors (Lipinski definition) is 6. The van der Waals surface area contributed by atoms with Crippen molar-refractivity contribution in [3.63, 3.8) is 0 Å². The number of aryl methyl sites for hydroxylation is 1. The van der Waals surface area contributed by atoms with Crippen LogP contribution < -0.4 is 20.9 Å². The monoisotopic (exact) mass is 491 g/mol. The molecule has 0 saturated carbocycles. The molecule has 4 rings (SSSR count). The van der Waals surface area contributed by atoms with Gasteiger partial charge in [0.1, 0.15) is 11.2 Å². The van der Waals surface area contributed by atoms with Crippen LogP contribution in [-0.2, 0) is 13.0 Å². The minimum Gasteiger partial charge on any atom is -0.467 e. The van der Waals surface area contributed by atoms with E-state index in [1.54, 1.807) is 30.3 Å². The zero-order valence-electron chi connectivity index (χ0n) is 19.0. The molecule has 0 aliphatic heterocycles. The standard InChI is InChI=1S/C25H22ClN5O4/c1-3-15-7-8-16(22(32)27-12-14-5-4-6-18(26)9-14)11-20(15)29-23(33)19-10-17-13-28-25(35-2)31-21(17)30-24(19)34/h4-11,13H,3,12H2,1-2H3,(H,27,32)(H,29,33)(H,28,30,31,34). The van der Waals surface area contributed by atoms with Gasteiger partial charge in [0, 0.05) is 34.4 Å². The Bertz CT molecular complexity index is 1480. The highest BCUT2D eigenvalue weighted by molar-refractivity contribution is 6.30. The number of aromatic amines is 1. The van der Waals surface area contributed by atoms with Gasteiger partial charge in [-0.2, -0.15) is 4.98 Å². The topological polar surface area (TPSA) is 126 Å². The number of H-pyrrole nitrogens is 1. The fourth-order valence-corrected chi connectivity index (χ4v) is 3.72. The van der Waals surface area contributed by atoms with Crippen LogP contribution in [0.15, 0.2) is 59.5 Å². The van der Waals surface area contributed by atoms with Gasteiger partial charge < -0.3 is 20.4 Å². The van der Waals surface area contributed by atoms with Gasteiger partial charge in [0.25, 0.3) is 17.4 Å². The van der Waals surface area contributed by atoms with E-state index in [0.29, 0.717) is 34.6 Å². The van der Waals surface area contributed by atoms with E-state index in [9.17, 15) is 14.4 Å². The Balaban J connectivity index is 1.56. The predicted octanol–water partition coefficient (Wildman–Crippen LogP) is 3.72. The number of carbonyl (C=O) groups is 2. The van der Waals surface area contributed by atoms with E-state index in [0.717, 1.165) is 11.1 Å². The van der Waals surface area contributed by atoms with Crippen molar-refractivity contribution in [3.05, 3.63) is 92.4 Å². The number of benzene rings is 2. The normalized spacial score (nSPS) is 10.7. The molecule has 35 heavy (non-hydrogen) atoms. The highest BCUT2D eigenvalue weighted by atomic mass is 35.5. The molecule has 3 N–H and O–H groups in total. The molecule has 0 aliphatic rings. The summed E-state index contributed by atoms with van der Waals surface area (Å²) in [7, 11) is 1.41. The number of pyridine rings is 1. The molecular weight excluding hydrogens is 470 g/mol. The number of hydrogen-bond donors (Lipinski definition) is 3. The molecule has 0 fully saturated rings. The fraction of sp³-hybridized carbons (Fsp3) is 0.160. The molecule has 10 heteroatoms. The van der Waals surface area contributed by atoms with Gasteiger partial charge in [0.05, 0.1) is 7.11 Å². The van der Waals surface area contributed by atoms with Gasteiger partial charge in [0.2, 0.25) is 0 Å². The molecule has 9 nitrogen and oxygen atoms in total. The molecule has 0 bridgehead atoms. The van der Waals surface area contributed by atoms with Gasteiger partial charge in [-0.05, 0) is 47.9 Å². The number of nitrogens with zero attached hydrogens (tertiary/aromatic N) is 2. The number of fused-ring (bicyclic) bond motifs is 1. The van der Waals surface area contributed by atoms with Gasteiger partial charge in [-0.15, -0.1) is 0 Å². The molecule has 0 saturated heterocycles. The maximum absolute atomic E-state index is 13.0. The predicted molar refractivity (Wildman–Crippen MR) is 133 cm³/mol. The second-order valence-corrected chi connectivity index (χ2v) is 8.10. The lowest BCUT2D eigenvalue weighted by molar-refractivity contribution is 0.0949. The first-order valence-electron chi connectivity index (χ1n) is 10.8. The van der Waals surface area contributed by atoms with E-state index in [1.165, 1.54) is 19.4 Å². The molecule has 4 aromatic rings. The van der Waals surface area contributed by atoms with E-state index in [4.69, 9.17) is 16.3 Å². The van der Waals surface area contributed by atoms with Gasteiger partial charge in [-0.25, -0.2) is 4.98 Å². The number of ether oxygens (including phenoxy) is 1.